The Balaban J connectivity index is 2.25. The van der Waals surface area contributed by atoms with Gasteiger partial charge in [-0.25, -0.2) is 14.4 Å². The number of carbonyl (C=O) groups excluding carboxylic acids is 4. The minimum atomic E-state index is -1.46. The number of carboxylic acid groups (broad SMARTS) is 1. The van der Waals surface area contributed by atoms with Gasteiger partial charge in [0.15, 0.2) is 0 Å². The van der Waals surface area contributed by atoms with Crippen LogP contribution in [0.5, 0.6) is 0 Å². The Morgan fingerprint density at radius 2 is 1.60 bits per heavy atom. The van der Waals surface area contributed by atoms with Crippen LogP contribution in [0.15, 0.2) is 24.8 Å². The van der Waals surface area contributed by atoms with Crippen molar-refractivity contribution in [3.8, 4) is 0 Å². The number of imide groups is 1. The molecule has 0 spiro atoms. The third-order valence-electron chi connectivity index (χ3n) is 3.41. The lowest BCUT2D eigenvalue weighted by Gasteiger charge is -2.08. The van der Waals surface area contributed by atoms with E-state index in [1.807, 2.05) is 0 Å². The number of ether oxygens (including phenoxy) is 2. The lowest BCUT2D eigenvalue weighted by atomic mass is 9.99. The predicted molar refractivity (Wildman–Crippen MR) is 81.3 cm³/mol. The molecule has 1 heterocycles. The highest BCUT2D eigenvalue weighted by Gasteiger charge is 2.35. The SMILES string of the molecule is C=CC(=O)OCCOC(=O)c1cc2c(cc1C(=O)O)C(=O)N(C)C2=O. The average Bonchev–Trinajstić information content (AvgIpc) is 2.81. The van der Waals surface area contributed by atoms with Crippen molar-refractivity contribution >= 4 is 29.7 Å². The van der Waals surface area contributed by atoms with E-state index in [1.165, 1.54) is 7.05 Å². The van der Waals surface area contributed by atoms with Crippen molar-refractivity contribution in [2.45, 2.75) is 0 Å². The molecule has 0 aromatic heterocycles. The first kappa shape index (κ1) is 17.9. The van der Waals surface area contributed by atoms with Crippen LogP contribution in [-0.2, 0) is 14.3 Å². The molecule has 25 heavy (non-hydrogen) atoms. The molecule has 0 radical (unpaired) electrons. The molecule has 0 atom stereocenters. The summed E-state index contributed by atoms with van der Waals surface area (Å²) in [6.07, 6.45) is 0.934. The molecule has 9 nitrogen and oxygen atoms in total. The Kier molecular flexibility index (Phi) is 4.97. The molecule has 1 aliphatic heterocycles. The quantitative estimate of drug-likeness (QED) is 0.341. The number of carbonyl (C=O) groups is 5. The van der Waals surface area contributed by atoms with Crippen molar-refractivity contribution in [2.75, 3.05) is 20.3 Å². The van der Waals surface area contributed by atoms with Crippen molar-refractivity contribution in [3.05, 3.63) is 47.0 Å². The van der Waals surface area contributed by atoms with Gasteiger partial charge < -0.3 is 14.6 Å². The van der Waals surface area contributed by atoms with Gasteiger partial charge in [0.05, 0.1) is 22.3 Å². The highest BCUT2D eigenvalue weighted by atomic mass is 16.6. The summed E-state index contributed by atoms with van der Waals surface area (Å²) in [6.45, 7) is 2.63. The summed E-state index contributed by atoms with van der Waals surface area (Å²) < 4.78 is 9.46. The van der Waals surface area contributed by atoms with E-state index in [2.05, 4.69) is 11.3 Å². The van der Waals surface area contributed by atoms with Gasteiger partial charge in [0.1, 0.15) is 13.2 Å². The summed E-state index contributed by atoms with van der Waals surface area (Å²) in [5.41, 5.74) is -1.02. The van der Waals surface area contributed by atoms with Crippen LogP contribution >= 0.6 is 0 Å². The third kappa shape index (κ3) is 3.39. The number of hydrogen-bond donors (Lipinski definition) is 1. The smallest absolute Gasteiger partial charge is 0.339 e. The zero-order chi connectivity index (χ0) is 18.7. The van der Waals surface area contributed by atoms with Gasteiger partial charge in [-0.15, -0.1) is 0 Å². The summed E-state index contributed by atoms with van der Waals surface area (Å²) in [6, 6.07) is 1.98. The largest absolute Gasteiger partial charge is 0.478 e. The van der Waals surface area contributed by atoms with Gasteiger partial charge in [0.25, 0.3) is 11.8 Å². The Morgan fingerprint density at radius 1 is 1.08 bits per heavy atom. The summed E-state index contributed by atoms with van der Waals surface area (Å²) in [5, 5.41) is 9.24. The van der Waals surface area contributed by atoms with Crippen LogP contribution in [0.4, 0.5) is 0 Å². The first-order chi connectivity index (χ1) is 11.8. The maximum atomic E-state index is 12.1. The lowest BCUT2D eigenvalue weighted by Crippen LogP contribution is -2.24. The number of benzene rings is 1. The number of rotatable bonds is 6. The normalized spacial score (nSPS) is 12.6. The summed E-state index contributed by atoms with van der Waals surface area (Å²) >= 11 is 0. The van der Waals surface area contributed by atoms with Crippen molar-refractivity contribution < 1.29 is 38.6 Å². The van der Waals surface area contributed by atoms with Gasteiger partial charge in [-0.3, -0.25) is 14.5 Å². The molecule has 130 valence electrons. The number of aromatic carboxylic acids is 1. The molecule has 1 aromatic rings. The Hall–Kier alpha value is -3.49. The molecular formula is C16H13NO8. The minimum Gasteiger partial charge on any atom is -0.478 e. The van der Waals surface area contributed by atoms with Crippen molar-refractivity contribution in [1.29, 1.82) is 0 Å². The highest BCUT2D eigenvalue weighted by molar-refractivity contribution is 6.22. The Morgan fingerprint density at radius 3 is 2.12 bits per heavy atom. The van der Waals surface area contributed by atoms with E-state index in [1.54, 1.807) is 0 Å². The zero-order valence-electron chi connectivity index (χ0n) is 13.1. The fraction of sp³-hybridized carbons (Fsp3) is 0.188. The number of nitrogens with zero attached hydrogens (tertiary/aromatic N) is 1. The Labute approximate surface area is 141 Å². The highest BCUT2D eigenvalue weighted by Crippen LogP contribution is 2.26. The first-order valence-electron chi connectivity index (χ1n) is 6.98. The molecule has 0 bridgehead atoms. The second-order valence-electron chi connectivity index (χ2n) is 4.93. The first-order valence-corrected chi connectivity index (χ1v) is 6.98. The number of esters is 2. The fourth-order valence-electron chi connectivity index (χ4n) is 2.17. The maximum absolute atomic E-state index is 12.1. The van der Waals surface area contributed by atoms with Gasteiger partial charge in [0.2, 0.25) is 0 Å². The van der Waals surface area contributed by atoms with Crippen molar-refractivity contribution in [3.63, 3.8) is 0 Å². The number of hydrogen-bond acceptors (Lipinski definition) is 7. The van der Waals surface area contributed by atoms with Crippen molar-refractivity contribution in [2.24, 2.45) is 0 Å². The van der Waals surface area contributed by atoms with E-state index in [0.717, 1.165) is 23.1 Å². The molecular weight excluding hydrogens is 334 g/mol. The molecule has 1 aromatic carbocycles. The monoisotopic (exact) mass is 347 g/mol. The standard InChI is InChI=1S/C16H13NO8/c1-3-12(18)24-4-5-25-16(23)11-7-9-8(6-10(11)15(21)22)13(19)17(2)14(9)20/h3,6-7H,1,4-5H2,2H3,(H,21,22). The van der Waals surface area contributed by atoms with Gasteiger partial charge in [-0.1, -0.05) is 6.58 Å². The molecule has 0 unspecified atom stereocenters. The average molecular weight is 347 g/mol. The van der Waals surface area contributed by atoms with Crippen LogP contribution in [0.2, 0.25) is 0 Å². The van der Waals surface area contributed by atoms with Crippen LogP contribution in [0.1, 0.15) is 41.4 Å². The van der Waals surface area contributed by atoms with Crippen LogP contribution in [0, 0.1) is 0 Å². The molecule has 0 saturated carbocycles. The van der Waals surface area contributed by atoms with E-state index in [0.29, 0.717) is 0 Å². The molecule has 0 aliphatic carbocycles. The predicted octanol–water partition coefficient (Wildman–Crippen LogP) is 0.497. The van der Waals surface area contributed by atoms with Gasteiger partial charge in [-0.05, 0) is 12.1 Å². The second kappa shape index (κ2) is 6.95. The van der Waals surface area contributed by atoms with Crippen LogP contribution < -0.4 is 0 Å². The number of carboxylic acids is 1. The Bertz CT molecular complexity index is 811. The summed E-state index contributed by atoms with van der Waals surface area (Å²) in [5.74, 6) is -4.48. The molecule has 0 fully saturated rings. The minimum absolute atomic E-state index is 0.0810. The second-order valence-corrected chi connectivity index (χ2v) is 4.93. The number of amides is 2. The number of fused-ring (bicyclic) bond motifs is 1. The molecule has 1 aliphatic rings. The summed E-state index contributed by atoms with van der Waals surface area (Å²) in [7, 11) is 1.25. The van der Waals surface area contributed by atoms with Gasteiger partial charge in [0, 0.05) is 13.1 Å². The molecule has 2 rings (SSSR count). The lowest BCUT2D eigenvalue weighted by molar-refractivity contribution is -0.138. The molecule has 1 N–H and O–H groups in total. The van der Waals surface area contributed by atoms with E-state index >= 15 is 0 Å². The topological polar surface area (TPSA) is 127 Å². The van der Waals surface area contributed by atoms with E-state index < -0.39 is 35.3 Å². The van der Waals surface area contributed by atoms with Crippen LogP contribution in [0.25, 0.3) is 0 Å². The van der Waals surface area contributed by atoms with Crippen LogP contribution in [-0.4, -0.2) is 60.0 Å². The van der Waals surface area contributed by atoms with Crippen molar-refractivity contribution in [1.82, 2.24) is 4.90 Å². The molecule has 9 heteroatoms. The third-order valence-corrected chi connectivity index (χ3v) is 3.41. The molecule has 0 saturated heterocycles. The van der Waals surface area contributed by atoms with E-state index in [4.69, 9.17) is 4.74 Å². The maximum Gasteiger partial charge on any atom is 0.339 e. The summed E-state index contributed by atoms with van der Waals surface area (Å²) in [4.78, 5) is 59.0. The van der Waals surface area contributed by atoms with Gasteiger partial charge in [-0.2, -0.15) is 0 Å². The van der Waals surface area contributed by atoms with Gasteiger partial charge >= 0.3 is 17.9 Å². The van der Waals surface area contributed by atoms with Crippen LogP contribution in [0.3, 0.4) is 0 Å². The van der Waals surface area contributed by atoms with E-state index in [9.17, 15) is 29.1 Å². The fourth-order valence-corrected chi connectivity index (χ4v) is 2.17. The molecule has 2 amide bonds. The van der Waals surface area contributed by atoms with E-state index in [-0.39, 0.29) is 29.9 Å². The zero-order valence-corrected chi connectivity index (χ0v) is 13.1.